The Morgan fingerprint density at radius 1 is 0.938 bits per heavy atom. The van der Waals surface area contributed by atoms with Crippen molar-refractivity contribution >= 4 is 23.2 Å². The molecule has 32 heavy (non-hydrogen) atoms. The monoisotopic (exact) mass is 456 g/mol. The Morgan fingerprint density at radius 2 is 1.75 bits per heavy atom. The Balaban J connectivity index is 1.70. The van der Waals surface area contributed by atoms with E-state index in [4.69, 9.17) is 0 Å². The van der Waals surface area contributed by atoms with Gasteiger partial charge in [0.2, 0.25) is 11.8 Å². The summed E-state index contributed by atoms with van der Waals surface area (Å²) in [5, 5.41) is 5.05. The summed E-state index contributed by atoms with van der Waals surface area (Å²) in [5.74, 6) is -1.48. The van der Waals surface area contributed by atoms with Gasteiger partial charge in [-0.1, -0.05) is 0 Å². The molecule has 0 aliphatic carbocycles. The zero-order valence-corrected chi connectivity index (χ0v) is 15.8. The second-order valence-corrected chi connectivity index (χ2v) is 5.78. The van der Waals surface area contributed by atoms with Crippen LogP contribution in [0.4, 0.5) is 39.3 Å². The molecule has 1 amide bonds. The van der Waals surface area contributed by atoms with Crippen LogP contribution in [0.1, 0.15) is 10.5 Å². The van der Waals surface area contributed by atoms with Gasteiger partial charge in [0.05, 0.1) is 18.1 Å². The summed E-state index contributed by atoms with van der Waals surface area (Å²) in [6.07, 6.45) is -1.59. The van der Waals surface area contributed by atoms with Gasteiger partial charge in [-0.3, -0.25) is 9.78 Å². The molecular weight excluding hydrogens is 443 g/mol. The number of rotatable bonds is 9. The predicted molar refractivity (Wildman–Crippen MR) is 99.9 cm³/mol. The molecule has 0 spiro atoms. The van der Waals surface area contributed by atoms with Crippen molar-refractivity contribution in [2.24, 2.45) is 0 Å². The lowest BCUT2D eigenvalue weighted by molar-refractivity contribution is -0.0665. The smallest absolute Gasteiger partial charge is 0.388 e. The molecule has 0 aliphatic rings. The number of alkyl halides is 5. The minimum atomic E-state index is -3.38. The number of hydrogen-bond acceptors (Lipinski definition) is 8. The van der Waals surface area contributed by atoms with Gasteiger partial charge in [0.15, 0.2) is 0 Å². The molecule has 0 saturated carbocycles. The van der Waals surface area contributed by atoms with Gasteiger partial charge in [-0.15, -0.1) is 0 Å². The van der Waals surface area contributed by atoms with E-state index in [-0.39, 0.29) is 29.0 Å². The van der Waals surface area contributed by atoms with Crippen LogP contribution in [0, 0.1) is 0 Å². The highest BCUT2D eigenvalue weighted by molar-refractivity contribution is 6.03. The average molecular weight is 456 g/mol. The summed E-state index contributed by atoms with van der Waals surface area (Å²) >= 11 is 0. The average Bonchev–Trinajstić information content (AvgIpc) is 2.76. The van der Waals surface area contributed by atoms with E-state index in [1.807, 2.05) is 0 Å². The molecule has 3 aromatic rings. The highest BCUT2D eigenvalue weighted by atomic mass is 19.3. The van der Waals surface area contributed by atoms with Crippen molar-refractivity contribution in [1.82, 2.24) is 19.9 Å². The number of nitrogens with zero attached hydrogens (tertiary/aromatic N) is 4. The molecule has 0 fully saturated rings. The molecule has 9 nitrogen and oxygen atoms in total. The summed E-state index contributed by atoms with van der Waals surface area (Å²) in [6.45, 7) is -3.02. The normalized spacial score (nSPS) is 11.8. The molecule has 168 valence electrons. The molecule has 0 aliphatic heterocycles. The van der Waals surface area contributed by atoms with Crippen LogP contribution in [-0.2, 0) is 0 Å². The van der Waals surface area contributed by atoms with Crippen molar-refractivity contribution in [1.29, 1.82) is 0 Å². The third kappa shape index (κ3) is 6.20. The van der Waals surface area contributed by atoms with Gasteiger partial charge in [0.1, 0.15) is 17.1 Å². The fourth-order valence-electron chi connectivity index (χ4n) is 2.23. The summed E-state index contributed by atoms with van der Waals surface area (Å²) in [7, 11) is 0. The lowest BCUT2D eigenvalue weighted by atomic mass is 10.3. The van der Waals surface area contributed by atoms with Crippen LogP contribution in [0.15, 0.2) is 49.1 Å². The Hall–Kier alpha value is -4.10. The number of pyridine rings is 2. The molecule has 3 rings (SSSR count). The molecule has 3 aromatic heterocycles. The highest BCUT2D eigenvalue weighted by Crippen LogP contribution is 2.26. The Labute approximate surface area is 176 Å². The van der Waals surface area contributed by atoms with Gasteiger partial charge >= 0.3 is 13.0 Å². The van der Waals surface area contributed by atoms with Gasteiger partial charge in [0.25, 0.3) is 12.3 Å². The van der Waals surface area contributed by atoms with E-state index in [2.05, 4.69) is 40.0 Å². The zero-order chi connectivity index (χ0) is 23.1. The fraction of sp³-hybridized carbons (Fsp3) is 0.167. The SMILES string of the molecule is O=C(Nc1cnccc1OC(F)C(F)F)c1ccnc(Nc2ccc(OC(F)F)nc2)n1. The summed E-state index contributed by atoms with van der Waals surface area (Å²) in [6, 6.07) is 4.92. The van der Waals surface area contributed by atoms with Gasteiger partial charge in [-0.25, -0.2) is 23.7 Å². The van der Waals surface area contributed by atoms with Crippen LogP contribution in [0.5, 0.6) is 11.6 Å². The standard InChI is InChI=1S/C18H13F5N6O3/c19-14(20)15(21)31-12-4-5-24-8-11(12)28-16(30)10-3-6-25-18(29-10)27-9-1-2-13(26-7-9)32-17(22)23/h1-8,14-15,17H,(H,28,30)(H,25,27,29). The number of amides is 1. The van der Waals surface area contributed by atoms with E-state index in [1.165, 1.54) is 36.8 Å². The number of carbonyl (C=O) groups is 1. The predicted octanol–water partition coefficient (Wildman–Crippen LogP) is 3.80. The van der Waals surface area contributed by atoms with E-state index < -0.39 is 25.3 Å². The maximum Gasteiger partial charge on any atom is 0.388 e. The maximum atomic E-state index is 13.2. The van der Waals surface area contributed by atoms with E-state index in [0.717, 1.165) is 12.3 Å². The third-order valence-electron chi connectivity index (χ3n) is 3.56. The van der Waals surface area contributed by atoms with Crippen LogP contribution in [0.3, 0.4) is 0 Å². The first-order chi connectivity index (χ1) is 15.3. The number of ether oxygens (including phenoxy) is 2. The molecule has 0 saturated heterocycles. The largest absolute Gasteiger partial charge is 0.452 e. The number of nitrogens with one attached hydrogen (secondary N) is 2. The molecule has 0 aromatic carbocycles. The third-order valence-corrected chi connectivity index (χ3v) is 3.56. The van der Waals surface area contributed by atoms with Crippen molar-refractivity contribution in [2.45, 2.75) is 19.4 Å². The van der Waals surface area contributed by atoms with Crippen LogP contribution in [0.2, 0.25) is 0 Å². The van der Waals surface area contributed by atoms with E-state index in [9.17, 15) is 26.7 Å². The molecule has 2 N–H and O–H groups in total. The number of halogens is 5. The fourth-order valence-corrected chi connectivity index (χ4v) is 2.23. The van der Waals surface area contributed by atoms with Crippen LogP contribution >= 0.6 is 0 Å². The van der Waals surface area contributed by atoms with Crippen LogP contribution < -0.4 is 20.1 Å². The van der Waals surface area contributed by atoms with Crippen molar-refractivity contribution in [3.63, 3.8) is 0 Å². The first kappa shape index (κ1) is 22.6. The number of anilines is 3. The Bertz CT molecular complexity index is 1060. The van der Waals surface area contributed by atoms with E-state index in [0.29, 0.717) is 5.69 Å². The maximum absolute atomic E-state index is 13.2. The molecule has 1 atom stereocenters. The Kier molecular flexibility index (Phi) is 7.25. The van der Waals surface area contributed by atoms with E-state index >= 15 is 0 Å². The minimum Gasteiger partial charge on any atom is -0.452 e. The molecule has 3 heterocycles. The van der Waals surface area contributed by atoms with Gasteiger partial charge in [-0.05, 0) is 12.1 Å². The van der Waals surface area contributed by atoms with Crippen molar-refractivity contribution in [2.75, 3.05) is 10.6 Å². The minimum absolute atomic E-state index is 0.0360. The first-order valence-electron chi connectivity index (χ1n) is 8.67. The van der Waals surface area contributed by atoms with Crippen molar-refractivity contribution in [3.8, 4) is 11.6 Å². The summed E-state index contributed by atoms with van der Waals surface area (Å²) < 4.78 is 71.0. The van der Waals surface area contributed by atoms with Crippen molar-refractivity contribution < 1.29 is 36.2 Å². The molecule has 14 heteroatoms. The molecule has 0 bridgehead atoms. The topological polar surface area (TPSA) is 111 Å². The highest BCUT2D eigenvalue weighted by Gasteiger charge is 2.23. The van der Waals surface area contributed by atoms with Crippen LogP contribution in [-0.4, -0.2) is 45.2 Å². The van der Waals surface area contributed by atoms with Gasteiger partial charge < -0.3 is 20.1 Å². The number of hydrogen-bond donors (Lipinski definition) is 2. The van der Waals surface area contributed by atoms with Crippen molar-refractivity contribution in [3.05, 3.63) is 54.7 Å². The zero-order valence-electron chi connectivity index (χ0n) is 15.8. The lowest BCUT2D eigenvalue weighted by Crippen LogP contribution is -2.21. The summed E-state index contributed by atoms with van der Waals surface area (Å²) in [5.41, 5.74) is 0.00872. The lowest BCUT2D eigenvalue weighted by Gasteiger charge is -2.14. The van der Waals surface area contributed by atoms with E-state index in [1.54, 1.807) is 0 Å². The molecule has 0 radical (unpaired) electrons. The Morgan fingerprint density at radius 3 is 2.44 bits per heavy atom. The second kappa shape index (κ2) is 10.3. The summed E-state index contributed by atoms with van der Waals surface area (Å²) in [4.78, 5) is 27.8. The van der Waals surface area contributed by atoms with Gasteiger partial charge in [0, 0.05) is 24.5 Å². The number of carbonyl (C=O) groups excluding carboxylic acids is 1. The van der Waals surface area contributed by atoms with Gasteiger partial charge in [-0.2, -0.15) is 13.2 Å². The van der Waals surface area contributed by atoms with Crippen LogP contribution in [0.25, 0.3) is 0 Å². The number of aromatic nitrogens is 4. The first-order valence-corrected chi connectivity index (χ1v) is 8.67. The molecular formula is C18H13F5N6O3. The molecule has 1 unspecified atom stereocenters. The quantitative estimate of drug-likeness (QED) is 0.468. The second-order valence-electron chi connectivity index (χ2n) is 5.78.